The Morgan fingerprint density at radius 1 is 1.22 bits per heavy atom. The maximum atomic E-state index is 12.2. The van der Waals surface area contributed by atoms with Gasteiger partial charge in [0.25, 0.3) is 5.56 Å². The molecular formula is C18H27N3O6. The van der Waals surface area contributed by atoms with Crippen molar-refractivity contribution >= 4 is 12.1 Å². The highest BCUT2D eigenvalue weighted by molar-refractivity contribution is 5.88. The molecular weight excluding hydrogens is 354 g/mol. The number of carbonyl (C=O) groups is 2. The van der Waals surface area contributed by atoms with Gasteiger partial charge >= 0.3 is 17.8 Å². The smallest absolute Gasteiger partial charge is 0.407 e. The lowest BCUT2D eigenvalue weighted by Gasteiger charge is -2.31. The topological polar surface area (TPSA) is 119 Å². The number of esters is 1. The fourth-order valence-electron chi connectivity index (χ4n) is 3.08. The second kappa shape index (κ2) is 8.41. The van der Waals surface area contributed by atoms with Crippen LogP contribution in [0.3, 0.4) is 0 Å². The Bertz CT molecular complexity index is 797. The average Bonchev–Trinajstić information content (AvgIpc) is 2.54. The van der Waals surface area contributed by atoms with Crippen molar-refractivity contribution in [2.75, 3.05) is 6.61 Å². The van der Waals surface area contributed by atoms with Gasteiger partial charge in [-0.2, -0.15) is 0 Å². The van der Waals surface area contributed by atoms with Gasteiger partial charge in [-0.3, -0.25) is 14.3 Å². The molecule has 1 aliphatic carbocycles. The Hall–Kier alpha value is -2.58. The van der Waals surface area contributed by atoms with Crippen molar-refractivity contribution in [3.63, 3.8) is 0 Å². The standard InChI is InChI=1S/C18H27N3O6/c1-5-26-15(23)13-10-21(16(24)20-14(13)22)12-8-6-11(7-9-12)19-17(25)27-18(2,3)4/h10-12H,5-9H2,1-4H3,(H,19,25)(H,20,22,24). The van der Waals surface area contributed by atoms with Crippen LogP contribution < -0.4 is 16.6 Å². The molecule has 0 saturated heterocycles. The molecule has 1 aromatic rings. The molecule has 1 aliphatic rings. The first-order valence-corrected chi connectivity index (χ1v) is 9.12. The number of aromatic amines is 1. The second-order valence-electron chi connectivity index (χ2n) is 7.58. The minimum Gasteiger partial charge on any atom is -0.462 e. The van der Waals surface area contributed by atoms with Gasteiger partial charge in [0, 0.05) is 18.3 Å². The molecule has 2 rings (SSSR count). The highest BCUT2D eigenvalue weighted by Crippen LogP contribution is 2.27. The summed E-state index contributed by atoms with van der Waals surface area (Å²) in [6.45, 7) is 7.17. The molecule has 0 aromatic carbocycles. The summed E-state index contributed by atoms with van der Waals surface area (Å²) in [5.74, 6) is -0.757. The highest BCUT2D eigenvalue weighted by atomic mass is 16.6. The van der Waals surface area contributed by atoms with E-state index in [1.165, 1.54) is 10.8 Å². The van der Waals surface area contributed by atoms with E-state index in [2.05, 4.69) is 10.3 Å². The van der Waals surface area contributed by atoms with Gasteiger partial charge < -0.3 is 14.8 Å². The Labute approximate surface area is 157 Å². The van der Waals surface area contributed by atoms with Crippen LogP contribution in [-0.4, -0.2) is 39.9 Å². The molecule has 0 spiro atoms. The molecule has 0 radical (unpaired) electrons. The van der Waals surface area contributed by atoms with Crippen molar-refractivity contribution in [2.24, 2.45) is 0 Å². The first kappa shape index (κ1) is 20.7. The van der Waals surface area contributed by atoms with E-state index in [-0.39, 0.29) is 24.3 Å². The van der Waals surface area contributed by atoms with Crippen molar-refractivity contribution in [1.82, 2.24) is 14.9 Å². The van der Waals surface area contributed by atoms with Crippen LogP contribution in [0.2, 0.25) is 0 Å². The number of aromatic nitrogens is 2. The van der Waals surface area contributed by atoms with Gasteiger partial charge in [-0.05, 0) is 53.4 Å². The van der Waals surface area contributed by atoms with Crippen molar-refractivity contribution in [3.8, 4) is 0 Å². The summed E-state index contributed by atoms with van der Waals surface area (Å²) in [4.78, 5) is 49.9. The molecule has 0 unspecified atom stereocenters. The second-order valence-corrected chi connectivity index (χ2v) is 7.58. The minimum atomic E-state index is -0.757. The highest BCUT2D eigenvalue weighted by Gasteiger charge is 2.27. The Balaban J connectivity index is 2.04. The van der Waals surface area contributed by atoms with Crippen LogP contribution >= 0.6 is 0 Å². The average molecular weight is 381 g/mol. The summed E-state index contributed by atoms with van der Waals surface area (Å²) in [5.41, 5.74) is -2.06. The van der Waals surface area contributed by atoms with Gasteiger partial charge in [0.05, 0.1) is 6.61 Å². The number of alkyl carbamates (subject to hydrolysis) is 1. The van der Waals surface area contributed by atoms with E-state index in [0.29, 0.717) is 25.7 Å². The van der Waals surface area contributed by atoms with Gasteiger partial charge in [0.1, 0.15) is 11.2 Å². The summed E-state index contributed by atoms with van der Waals surface area (Å²) < 4.78 is 11.5. The van der Waals surface area contributed by atoms with Crippen LogP contribution in [0.4, 0.5) is 4.79 Å². The van der Waals surface area contributed by atoms with E-state index in [1.807, 2.05) is 0 Å². The largest absolute Gasteiger partial charge is 0.462 e. The predicted molar refractivity (Wildman–Crippen MR) is 97.9 cm³/mol. The number of hydrogen-bond acceptors (Lipinski definition) is 6. The lowest BCUT2D eigenvalue weighted by Crippen LogP contribution is -2.42. The zero-order valence-corrected chi connectivity index (χ0v) is 16.2. The SMILES string of the molecule is CCOC(=O)c1cn(C2CCC(NC(=O)OC(C)(C)C)CC2)c(=O)[nH]c1=O. The summed E-state index contributed by atoms with van der Waals surface area (Å²) in [7, 11) is 0. The van der Waals surface area contributed by atoms with Crippen LogP contribution in [-0.2, 0) is 9.47 Å². The molecule has 1 heterocycles. The lowest BCUT2D eigenvalue weighted by molar-refractivity contribution is 0.0482. The molecule has 1 saturated carbocycles. The zero-order valence-electron chi connectivity index (χ0n) is 16.2. The summed E-state index contributed by atoms with van der Waals surface area (Å²) in [6.07, 6.45) is 3.36. The third-order valence-corrected chi connectivity index (χ3v) is 4.27. The molecule has 9 nitrogen and oxygen atoms in total. The van der Waals surface area contributed by atoms with Gasteiger partial charge in [0.2, 0.25) is 0 Å². The first-order chi connectivity index (χ1) is 12.6. The predicted octanol–water partition coefficient (Wildman–Crippen LogP) is 1.72. The molecule has 9 heteroatoms. The van der Waals surface area contributed by atoms with E-state index in [9.17, 15) is 19.2 Å². The van der Waals surface area contributed by atoms with Gasteiger partial charge in [-0.1, -0.05) is 0 Å². The molecule has 1 amide bonds. The molecule has 1 fully saturated rings. The van der Waals surface area contributed by atoms with E-state index < -0.39 is 28.9 Å². The number of H-pyrrole nitrogens is 1. The summed E-state index contributed by atoms with van der Waals surface area (Å²) in [6, 6.07) is -0.210. The number of nitrogens with zero attached hydrogens (tertiary/aromatic N) is 1. The van der Waals surface area contributed by atoms with Crippen LogP contribution in [0.5, 0.6) is 0 Å². The summed E-state index contributed by atoms with van der Waals surface area (Å²) >= 11 is 0. The monoisotopic (exact) mass is 381 g/mol. The molecule has 0 atom stereocenters. The summed E-state index contributed by atoms with van der Waals surface area (Å²) in [5, 5.41) is 2.84. The number of ether oxygens (including phenoxy) is 2. The Morgan fingerprint density at radius 2 is 1.85 bits per heavy atom. The Kier molecular flexibility index (Phi) is 6.45. The fourth-order valence-corrected chi connectivity index (χ4v) is 3.08. The number of amides is 1. The Morgan fingerprint density at radius 3 is 2.41 bits per heavy atom. The van der Waals surface area contributed by atoms with E-state index in [1.54, 1.807) is 27.7 Å². The van der Waals surface area contributed by atoms with E-state index in [4.69, 9.17) is 9.47 Å². The minimum absolute atomic E-state index is 0.0425. The lowest BCUT2D eigenvalue weighted by atomic mass is 9.91. The van der Waals surface area contributed by atoms with Crippen molar-refractivity contribution in [2.45, 2.75) is 71.1 Å². The normalized spacial score (nSPS) is 20.0. The molecule has 0 aliphatic heterocycles. The third kappa shape index (κ3) is 5.70. The van der Waals surface area contributed by atoms with E-state index >= 15 is 0 Å². The van der Waals surface area contributed by atoms with Crippen LogP contribution in [0.1, 0.15) is 69.8 Å². The third-order valence-electron chi connectivity index (χ3n) is 4.27. The van der Waals surface area contributed by atoms with Gasteiger partial charge in [0.15, 0.2) is 0 Å². The maximum Gasteiger partial charge on any atom is 0.407 e. The van der Waals surface area contributed by atoms with E-state index in [0.717, 1.165) is 0 Å². The number of rotatable bonds is 4. The fraction of sp³-hybridized carbons (Fsp3) is 0.667. The van der Waals surface area contributed by atoms with Crippen LogP contribution in [0.15, 0.2) is 15.8 Å². The van der Waals surface area contributed by atoms with Crippen LogP contribution in [0, 0.1) is 0 Å². The zero-order chi connectivity index (χ0) is 20.2. The number of hydrogen-bond donors (Lipinski definition) is 2. The first-order valence-electron chi connectivity index (χ1n) is 9.12. The van der Waals surface area contributed by atoms with Gasteiger partial charge in [-0.15, -0.1) is 0 Å². The molecule has 150 valence electrons. The van der Waals surface area contributed by atoms with Crippen molar-refractivity contribution in [3.05, 3.63) is 32.6 Å². The molecule has 2 N–H and O–H groups in total. The van der Waals surface area contributed by atoms with Crippen molar-refractivity contribution < 1.29 is 19.1 Å². The van der Waals surface area contributed by atoms with Crippen molar-refractivity contribution in [1.29, 1.82) is 0 Å². The number of carbonyl (C=O) groups excluding carboxylic acids is 2. The maximum absolute atomic E-state index is 12.2. The molecule has 1 aromatic heterocycles. The molecule has 0 bridgehead atoms. The number of nitrogens with one attached hydrogen (secondary N) is 2. The van der Waals surface area contributed by atoms with Crippen LogP contribution in [0.25, 0.3) is 0 Å². The van der Waals surface area contributed by atoms with Gasteiger partial charge in [-0.25, -0.2) is 14.4 Å². The quantitative estimate of drug-likeness (QED) is 0.767. The molecule has 27 heavy (non-hydrogen) atoms.